The second-order valence-electron chi connectivity index (χ2n) is 2.81. The number of esters is 1. The van der Waals surface area contributed by atoms with Crippen LogP contribution < -0.4 is 0 Å². The lowest BCUT2D eigenvalue weighted by Gasteiger charge is -2.25. The molecular formula is C9H15NO2. The number of hydrogen-bond donors (Lipinski definition) is 0. The van der Waals surface area contributed by atoms with Gasteiger partial charge in [0.25, 0.3) is 0 Å². The van der Waals surface area contributed by atoms with Crippen molar-refractivity contribution in [2.45, 2.75) is 33.1 Å². The third kappa shape index (κ3) is 1.97. The fourth-order valence-electron chi connectivity index (χ4n) is 1.23. The maximum atomic E-state index is 11.3. The standard InChI is InChI=1S/C9H15NO2/c1-4-9(5-2,6-7-10)8(11)12-3/h4-6H2,1-3H3. The average Bonchev–Trinajstić information content (AvgIpc) is 2.13. The third-order valence-corrected chi connectivity index (χ3v) is 2.39. The largest absolute Gasteiger partial charge is 0.469 e. The van der Waals surface area contributed by atoms with E-state index in [0.29, 0.717) is 12.8 Å². The highest BCUT2D eigenvalue weighted by Crippen LogP contribution is 2.31. The molecule has 0 amide bonds. The lowest BCUT2D eigenvalue weighted by Crippen LogP contribution is -2.30. The SMILES string of the molecule is CCC(CC)(CC#N)C(=O)OC. The molecule has 68 valence electrons. The Morgan fingerprint density at radius 1 is 1.50 bits per heavy atom. The van der Waals surface area contributed by atoms with Crippen molar-refractivity contribution < 1.29 is 9.53 Å². The second kappa shape index (κ2) is 4.76. The first kappa shape index (κ1) is 11.0. The van der Waals surface area contributed by atoms with Gasteiger partial charge in [-0.05, 0) is 12.8 Å². The van der Waals surface area contributed by atoms with Gasteiger partial charge < -0.3 is 4.74 Å². The van der Waals surface area contributed by atoms with Gasteiger partial charge in [-0.25, -0.2) is 0 Å². The van der Waals surface area contributed by atoms with E-state index >= 15 is 0 Å². The Morgan fingerprint density at radius 3 is 2.25 bits per heavy atom. The van der Waals surface area contributed by atoms with Gasteiger partial charge >= 0.3 is 5.97 Å². The van der Waals surface area contributed by atoms with Crippen LogP contribution >= 0.6 is 0 Å². The van der Waals surface area contributed by atoms with Gasteiger partial charge in [0.15, 0.2) is 0 Å². The minimum atomic E-state index is -0.580. The Morgan fingerprint density at radius 2 is 2.00 bits per heavy atom. The summed E-state index contributed by atoms with van der Waals surface area (Å²) in [5.74, 6) is -0.269. The lowest BCUT2D eigenvalue weighted by atomic mass is 9.80. The summed E-state index contributed by atoms with van der Waals surface area (Å²) in [6.45, 7) is 3.80. The number of methoxy groups -OCH3 is 1. The topological polar surface area (TPSA) is 50.1 Å². The molecule has 0 rings (SSSR count). The highest BCUT2D eigenvalue weighted by molar-refractivity contribution is 5.76. The molecule has 0 unspecified atom stereocenters. The van der Waals surface area contributed by atoms with E-state index in [4.69, 9.17) is 5.26 Å². The van der Waals surface area contributed by atoms with E-state index in [1.54, 1.807) is 0 Å². The monoisotopic (exact) mass is 169 g/mol. The van der Waals surface area contributed by atoms with Crippen LogP contribution in [0.1, 0.15) is 33.1 Å². The van der Waals surface area contributed by atoms with Crippen molar-refractivity contribution in [1.82, 2.24) is 0 Å². The van der Waals surface area contributed by atoms with Gasteiger partial charge in [0, 0.05) is 0 Å². The smallest absolute Gasteiger partial charge is 0.312 e. The molecule has 0 aliphatic heterocycles. The highest BCUT2D eigenvalue weighted by atomic mass is 16.5. The van der Waals surface area contributed by atoms with Crippen molar-refractivity contribution in [3.05, 3.63) is 0 Å². The van der Waals surface area contributed by atoms with Crippen molar-refractivity contribution in [3.8, 4) is 6.07 Å². The molecule has 0 aromatic carbocycles. The zero-order valence-corrected chi connectivity index (χ0v) is 7.89. The third-order valence-electron chi connectivity index (χ3n) is 2.39. The summed E-state index contributed by atoms with van der Waals surface area (Å²) in [7, 11) is 1.36. The lowest BCUT2D eigenvalue weighted by molar-refractivity contribution is -0.153. The van der Waals surface area contributed by atoms with Crippen LogP contribution in [0.2, 0.25) is 0 Å². The van der Waals surface area contributed by atoms with Crippen LogP contribution in [0, 0.1) is 16.7 Å². The van der Waals surface area contributed by atoms with Gasteiger partial charge in [0.05, 0.1) is 25.0 Å². The molecule has 12 heavy (non-hydrogen) atoms. The van der Waals surface area contributed by atoms with Gasteiger partial charge in [-0.1, -0.05) is 13.8 Å². The Kier molecular flexibility index (Phi) is 4.35. The van der Waals surface area contributed by atoms with Crippen molar-refractivity contribution in [1.29, 1.82) is 5.26 Å². The summed E-state index contributed by atoms with van der Waals surface area (Å²) < 4.78 is 4.66. The number of nitriles is 1. The average molecular weight is 169 g/mol. The number of rotatable bonds is 4. The molecule has 0 aromatic heterocycles. The Balaban J connectivity index is 4.58. The molecule has 0 atom stereocenters. The zero-order valence-electron chi connectivity index (χ0n) is 7.89. The molecule has 0 saturated carbocycles. The van der Waals surface area contributed by atoms with E-state index in [9.17, 15) is 4.79 Å². The maximum Gasteiger partial charge on any atom is 0.312 e. The summed E-state index contributed by atoms with van der Waals surface area (Å²) in [5.41, 5.74) is -0.580. The first-order valence-corrected chi connectivity index (χ1v) is 4.12. The minimum absolute atomic E-state index is 0.243. The number of ether oxygens (including phenoxy) is 1. The van der Waals surface area contributed by atoms with Crippen molar-refractivity contribution in [2.24, 2.45) is 5.41 Å². The molecule has 0 fully saturated rings. The summed E-state index contributed by atoms with van der Waals surface area (Å²) >= 11 is 0. The minimum Gasteiger partial charge on any atom is -0.469 e. The summed E-state index contributed by atoms with van der Waals surface area (Å²) in [6.07, 6.45) is 1.56. The van der Waals surface area contributed by atoms with E-state index in [-0.39, 0.29) is 12.4 Å². The fraction of sp³-hybridized carbons (Fsp3) is 0.778. The summed E-state index contributed by atoms with van der Waals surface area (Å²) in [6, 6.07) is 2.02. The van der Waals surface area contributed by atoms with Crippen LogP contribution in [-0.4, -0.2) is 13.1 Å². The van der Waals surface area contributed by atoms with Gasteiger partial charge in [0.2, 0.25) is 0 Å². The number of hydrogen-bond acceptors (Lipinski definition) is 3. The van der Waals surface area contributed by atoms with E-state index in [1.807, 2.05) is 19.9 Å². The Bertz CT molecular complexity index is 189. The summed E-state index contributed by atoms with van der Waals surface area (Å²) in [5, 5.41) is 8.55. The molecule has 3 nitrogen and oxygen atoms in total. The van der Waals surface area contributed by atoms with Crippen molar-refractivity contribution in [2.75, 3.05) is 7.11 Å². The molecule has 3 heteroatoms. The van der Waals surface area contributed by atoms with E-state index in [1.165, 1.54) is 7.11 Å². The molecule has 0 radical (unpaired) electrons. The Labute approximate surface area is 73.3 Å². The van der Waals surface area contributed by atoms with Crippen LogP contribution in [0.4, 0.5) is 0 Å². The summed E-state index contributed by atoms with van der Waals surface area (Å²) in [4.78, 5) is 11.3. The maximum absolute atomic E-state index is 11.3. The quantitative estimate of drug-likeness (QED) is 0.604. The predicted octanol–water partition coefficient (Wildman–Crippen LogP) is 1.88. The molecule has 0 N–H and O–H groups in total. The van der Waals surface area contributed by atoms with Crippen molar-refractivity contribution in [3.63, 3.8) is 0 Å². The molecule has 0 aliphatic carbocycles. The molecule has 0 saturated heterocycles. The van der Waals surface area contributed by atoms with Gasteiger partial charge in [-0.3, -0.25) is 4.79 Å². The molecule has 0 aliphatic rings. The van der Waals surface area contributed by atoms with E-state index in [2.05, 4.69) is 4.74 Å². The van der Waals surface area contributed by atoms with E-state index < -0.39 is 5.41 Å². The van der Waals surface area contributed by atoms with Gasteiger partial charge in [-0.2, -0.15) is 5.26 Å². The number of carbonyl (C=O) groups is 1. The second-order valence-corrected chi connectivity index (χ2v) is 2.81. The molecular weight excluding hydrogens is 154 g/mol. The van der Waals surface area contributed by atoms with Crippen LogP contribution in [0.25, 0.3) is 0 Å². The molecule has 0 spiro atoms. The fourth-order valence-corrected chi connectivity index (χ4v) is 1.23. The van der Waals surface area contributed by atoms with Crippen LogP contribution in [-0.2, 0) is 9.53 Å². The Hall–Kier alpha value is -1.04. The number of carbonyl (C=O) groups excluding carboxylic acids is 1. The van der Waals surface area contributed by atoms with Crippen LogP contribution in [0.3, 0.4) is 0 Å². The van der Waals surface area contributed by atoms with Gasteiger partial charge in [-0.15, -0.1) is 0 Å². The molecule has 0 bridgehead atoms. The van der Waals surface area contributed by atoms with Crippen molar-refractivity contribution >= 4 is 5.97 Å². The first-order valence-electron chi connectivity index (χ1n) is 4.12. The molecule has 0 heterocycles. The number of nitrogens with zero attached hydrogens (tertiary/aromatic N) is 1. The van der Waals surface area contributed by atoms with E-state index in [0.717, 1.165) is 0 Å². The molecule has 0 aromatic rings. The first-order chi connectivity index (χ1) is 5.66. The van der Waals surface area contributed by atoms with Crippen LogP contribution in [0.15, 0.2) is 0 Å². The zero-order chi connectivity index (χ0) is 9.61. The van der Waals surface area contributed by atoms with Gasteiger partial charge in [0.1, 0.15) is 0 Å². The highest BCUT2D eigenvalue weighted by Gasteiger charge is 2.35. The predicted molar refractivity (Wildman–Crippen MR) is 45.3 cm³/mol. The normalized spacial score (nSPS) is 10.5. The van der Waals surface area contributed by atoms with Crippen LogP contribution in [0.5, 0.6) is 0 Å².